The predicted molar refractivity (Wildman–Crippen MR) is 41.3 cm³/mol. The van der Waals surface area contributed by atoms with Crippen LogP contribution < -0.4 is 5.73 Å². The molecule has 1 heterocycles. The third-order valence-electron chi connectivity index (χ3n) is 2.54. The molecule has 0 aromatic carbocycles. The molecule has 2 rings (SSSR count). The highest BCUT2D eigenvalue weighted by molar-refractivity contribution is 5.31. The second-order valence-electron chi connectivity index (χ2n) is 3.44. The van der Waals surface area contributed by atoms with E-state index in [4.69, 9.17) is 5.73 Å². The zero-order chi connectivity index (χ0) is 9.69. The number of hydrogen-bond acceptors (Lipinski definition) is 3. The standard InChI is InChI=1S/C7H10F2N4/c1-13-2-5(11-12-13)6(4-10)3-7(6,8)9/h2H,3-4,10H2,1H3. The number of alkyl halides is 2. The van der Waals surface area contributed by atoms with E-state index in [2.05, 4.69) is 10.3 Å². The molecule has 0 spiro atoms. The lowest BCUT2D eigenvalue weighted by atomic mass is 10.0. The Morgan fingerprint density at radius 3 is 2.62 bits per heavy atom. The average Bonchev–Trinajstić information content (AvgIpc) is 2.43. The van der Waals surface area contributed by atoms with Gasteiger partial charge < -0.3 is 5.73 Å². The van der Waals surface area contributed by atoms with Crippen molar-refractivity contribution in [1.82, 2.24) is 15.0 Å². The minimum Gasteiger partial charge on any atom is -0.329 e. The molecular weight excluding hydrogens is 178 g/mol. The predicted octanol–water partition coefficient (Wildman–Crippen LogP) is 0.0506. The smallest absolute Gasteiger partial charge is 0.261 e. The molecule has 1 saturated carbocycles. The molecular formula is C7H10F2N4. The van der Waals surface area contributed by atoms with Crippen LogP contribution in [0.5, 0.6) is 0 Å². The van der Waals surface area contributed by atoms with Crippen LogP contribution in [0.15, 0.2) is 6.20 Å². The van der Waals surface area contributed by atoms with Gasteiger partial charge in [-0.05, 0) is 0 Å². The van der Waals surface area contributed by atoms with Crippen molar-refractivity contribution in [3.8, 4) is 0 Å². The van der Waals surface area contributed by atoms with Gasteiger partial charge in [-0.3, -0.25) is 4.68 Å². The molecule has 0 amide bonds. The number of hydrogen-bond donors (Lipinski definition) is 1. The lowest BCUT2D eigenvalue weighted by Crippen LogP contribution is -2.27. The van der Waals surface area contributed by atoms with E-state index < -0.39 is 11.3 Å². The fourth-order valence-electron chi connectivity index (χ4n) is 1.51. The van der Waals surface area contributed by atoms with E-state index in [-0.39, 0.29) is 13.0 Å². The van der Waals surface area contributed by atoms with Gasteiger partial charge in [0.15, 0.2) is 0 Å². The summed E-state index contributed by atoms with van der Waals surface area (Å²) in [6.07, 6.45) is 1.28. The van der Waals surface area contributed by atoms with E-state index >= 15 is 0 Å². The Hall–Kier alpha value is -1.04. The van der Waals surface area contributed by atoms with Gasteiger partial charge in [0, 0.05) is 26.2 Å². The van der Waals surface area contributed by atoms with Gasteiger partial charge >= 0.3 is 0 Å². The van der Waals surface area contributed by atoms with Gasteiger partial charge in [-0.15, -0.1) is 5.10 Å². The molecule has 6 heteroatoms. The maximum Gasteiger partial charge on any atom is 0.261 e. The first-order valence-electron chi connectivity index (χ1n) is 3.96. The summed E-state index contributed by atoms with van der Waals surface area (Å²) in [4.78, 5) is 0. The third kappa shape index (κ3) is 0.980. The number of halogens is 2. The van der Waals surface area contributed by atoms with Crippen LogP contribution in [-0.2, 0) is 12.5 Å². The molecule has 1 fully saturated rings. The summed E-state index contributed by atoms with van der Waals surface area (Å²) in [5.41, 5.74) is 4.37. The summed E-state index contributed by atoms with van der Waals surface area (Å²) in [6, 6.07) is 0. The highest BCUT2D eigenvalue weighted by Crippen LogP contribution is 2.60. The van der Waals surface area contributed by atoms with E-state index in [9.17, 15) is 8.78 Å². The van der Waals surface area contributed by atoms with Crippen LogP contribution in [0.1, 0.15) is 12.1 Å². The highest BCUT2D eigenvalue weighted by atomic mass is 19.3. The molecule has 1 atom stereocenters. The van der Waals surface area contributed by atoms with E-state index in [1.54, 1.807) is 7.05 Å². The van der Waals surface area contributed by atoms with Gasteiger partial charge in [0.1, 0.15) is 0 Å². The summed E-state index contributed by atoms with van der Waals surface area (Å²) in [5.74, 6) is -2.71. The maximum absolute atomic E-state index is 13.0. The van der Waals surface area contributed by atoms with Gasteiger partial charge in [0.05, 0.1) is 11.1 Å². The minimum atomic E-state index is -2.71. The van der Waals surface area contributed by atoms with Crippen LogP contribution in [-0.4, -0.2) is 27.5 Å². The van der Waals surface area contributed by atoms with E-state index in [0.29, 0.717) is 5.69 Å². The zero-order valence-corrected chi connectivity index (χ0v) is 7.17. The van der Waals surface area contributed by atoms with Crippen LogP contribution in [0.2, 0.25) is 0 Å². The van der Waals surface area contributed by atoms with Crippen LogP contribution in [0.4, 0.5) is 8.78 Å². The lowest BCUT2D eigenvalue weighted by molar-refractivity contribution is 0.0886. The Balaban J connectivity index is 2.35. The molecule has 1 aromatic heterocycles. The summed E-state index contributed by atoms with van der Waals surface area (Å²) in [6.45, 7) is -0.0846. The Bertz CT molecular complexity index is 335. The zero-order valence-electron chi connectivity index (χ0n) is 7.17. The fraction of sp³-hybridized carbons (Fsp3) is 0.714. The largest absolute Gasteiger partial charge is 0.329 e. The molecule has 13 heavy (non-hydrogen) atoms. The van der Waals surface area contributed by atoms with Crippen LogP contribution in [0.3, 0.4) is 0 Å². The number of nitrogens with zero attached hydrogens (tertiary/aromatic N) is 3. The first-order valence-corrected chi connectivity index (χ1v) is 3.96. The normalized spacial score (nSPS) is 30.5. The summed E-state index contributed by atoms with van der Waals surface area (Å²) < 4.78 is 27.4. The molecule has 2 N–H and O–H groups in total. The highest BCUT2D eigenvalue weighted by Gasteiger charge is 2.72. The van der Waals surface area contributed by atoms with Crippen molar-refractivity contribution >= 4 is 0 Å². The van der Waals surface area contributed by atoms with Crippen LogP contribution >= 0.6 is 0 Å². The SMILES string of the molecule is Cn1cc(C2(CN)CC2(F)F)nn1. The third-order valence-corrected chi connectivity index (χ3v) is 2.54. The number of nitrogens with two attached hydrogens (primary N) is 1. The molecule has 1 aliphatic rings. The lowest BCUT2D eigenvalue weighted by Gasteiger charge is -2.08. The van der Waals surface area contributed by atoms with E-state index in [0.717, 1.165) is 0 Å². The fourth-order valence-corrected chi connectivity index (χ4v) is 1.51. The van der Waals surface area contributed by atoms with Crippen molar-refractivity contribution in [2.45, 2.75) is 17.8 Å². The second kappa shape index (κ2) is 2.25. The molecule has 0 bridgehead atoms. The van der Waals surface area contributed by atoms with Crippen molar-refractivity contribution in [2.24, 2.45) is 12.8 Å². The number of aryl methyl sites for hydroxylation is 1. The first-order chi connectivity index (χ1) is 6.02. The Kier molecular flexibility index (Phi) is 1.48. The molecule has 0 aliphatic heterocycles. The molecule has 1 aromatic rings. The molecule has 1 unspecified atom stereocenters. The van der Waals surface area contributed by atoms with Crippen molar-refractivity contribution in [3.05, 3.63) is 11.9 Å². The summed E-state index contributed by atoms with van der Waals surface area (Å²) in [7, 11) is 1.64. The first kappa shape index (κ1) is 8.55. The van der Waals surface area contributed by atoms with Crippen LogP contribution in [0, 0.1) is 0 Å². The van der Waals surface area contributed by atoms with Gasteiger partial charge in [0.25, 0.3) is 5.92 Å². The van der Waals surface area contributed by atoms with Crippen molar-refractivity contribution in [1.29, 1.82) is 0 Å². The van der Waals surface area contributed by atoms with Gasteiger partial charge in [-0.2, -0.15) is 0 Å². The topological polar surface area (TPSA) is 56.7 Å². The van der Waals surface area contributed by atoms with Crippen molar-refractivity contribution < 1.29 is 8.78 Å². The van der Waals surface area contributed by atoms with Gasteiger partial charge in [-0.25, -0.2) is 8.78 Å². The maximum atomic E-state index is 13.0. The molecule has 0 radical (unpaired) electrons. The molecule has 72 valence electrons. The molecule has 1 aliphatic carbocycles. The van der Waals surface area contributed by atoms with Crippen LogP contribution in [0.25, 0.3) is 0 Å². The molecule has 0 saturated heterocycles. The van der Waals surface area contributed by atoms with Gasteiger partial charge in [0.2, 0.25) is 0 Å². The number of rotatable bonds is 2. The average molecular weight is 188 g/mol. The van der Waals surface area contributed by atoms with Crippen molar-refractivity contribution in [3.63, 3.8) is 0 Å². The summed E-state index contributed by atoms with van der Waals surface area (Å²) in [5, 5.41) is 7.28. The van der Waals surface area contributed by atoms with Crippen molar-refractivity contribution in [2.75, 3.05) is 6.54 Å². The Morgan fingerprint density at radius 1 is 1.69 bits per heavy atom. The summed E-state index contributed by atoms with van der Waals surface area (Å²) >= 11 is 0. The van der Waals surface area contributed by atoms with E-state index in [1.165, 1.54) is 10.9 Å². The Labute approximate surface area is 73.7 Å². The quantitative estimate of drug-likeness (QED) is 0.713. The van der Waals surface area contributed by atoms with E-state index in [1.807, 2.05) is 0 Å². The van der Waals surface area contributed by atoms with Gasteiger partial charge in [-0.1, -0.05) is 5.21 Å². The number of aromatic nitrogens is 3. The molecule has 4 nitrogen and oxygen atoms in total. The second-order valence-corrected chi connectivity index (χ2v) is 3.44. The Morgan fingerprint density at radius 2 is 2.31 bits per heavy atom. The minimum absolute atomic E-state index is 0.0846. The monoisotopic (exact) mass is 188 g/mol.